The highest BCUT2D eigenvalue weighted by Gasteiger charge is 2.28. The number of aliphatic hydroxyl groups is 1. The van der Waals surface area contributed by atoms with E-state index in [1.807, 2.05) is 24.4 Å². The second-order valence-corrected chi connectivity index (χ2v) is 13.6. The molecule has 1 fully saturated rings. The van der Waals surface area contributed by atoms with Gasteiger partial charge in [0.05, 0.1) is 27.4 Å². The van der Waals surface area contributed by atoms with E-state index in [9.17, 15) is 19.1 Å². The molecule has 4 aromatic heterocycles. The number of aliphatic hydroxyl groups excluding tert-OH is 1. The first kappa shape index (κ1) is 31.9. The molecule has 6 heterocycles. The van der Waals surface area contributed by atoms with E-state index in [0.717, 1.165) is 40.5 Å². The van der Waals surface area contributed by atoms with Gasteiger partial charge >= 0.3 is 0 Å². The summed E-state index contributed by atoms with van der Waals surface area (Å²) in [7, 11) is 0. The zero-order valence-corrected chi connectivity index (χ0v) is 27.5. The molecule has 0 radical (unpaired) electrons. The van der Waals surface area contributed by atoms with Gasteiger partial charge in [0.25, 0.3) is 5.56 Å². The summed E-state index contributed by atoms with van der Waals surface area (Å²) in [5.41, 5.74) is 3.34. The van der Waals surface area contributed by atoms with E-state index in [1.165, 1.54) is 52.3 Å². The fraction of sp³-hybridized carbons (Fsp3) is 0.211. The minimum Gasteiger partial charge on any atom is -0.492 e. The fourth-order valence-corrected chi connectivity index (χ4v) is 7.43. The van der Waals surface area contributed by atoms with Gasteiger partial charge < -0.3 is 14.6 Å². The summed E-state index contributed by atoms with van der Waals surface area (Å²) in [6.07, 6.45) is 5.35. The van der Waals surface area contributed by atoms with Crippen molar-refractivity contribution in [1.82, 2.24) is 19.4 Å². The highest BCUT2D eigenvalue weighted by atomic mass is 32.1. The molecule has 12 heteroatoms. The van der Waals surface area contributed by atoms with Crippen LogP contribution in [0.25, 0.3) is 26.5 Å². The van der Waals surface area contributed by atoms with Crippen molar-refractivity contribution in [2.24, 2.45) is 5.92 Å². The Kier molecular flexibility index (Phi) is 8.43. The molecule has 2 aliphatic rings. The van der Waals surface area contributed by atoms with Crippen molar-refractivity contribution in [3.05, 3.63) is 130 Å². The van der Waals surface area contributed by atoms with Crippen LogP contribution < -0.4 is 15.0 Å². The highest BCUT2D eigenvalue weighted by molar-refractivity contribution is 7.22. The van der Waals surface area contributed by atoms with Crippen LogP contribution in [-0.4, -0.2) is 56.6 Å². The Bertz CT molecular complexity index is 2300. The Morgan fingerprint density at radius 1 is 1.00 bits per heavy atom. The van der Waals surface area contributed by atoms with Crippen LogP contribution in [0.1, 0.15) is 27.0 Å². The second kappa shape index (κ2) is 13.2. The molecular weight excluding hydrogens is 663 g/mol. The SMILES string of the molecule is O=C(Cc1ccc(Oc2ccnc3cc(-c4ccc(CN5CC(CO)C5)cn4)sc23)c(F)c1)c1c2c(cn(-c3ccc(F)cc3)c1=O)CCO2. The Balaban J connectivity index is 0.997. The molecule has 1 N–H and O–H groups in total. The molecule has 0 atom stereocenters. The lowest BCUT2D eigenvalue weighted by Gasteiger charge is -2.38. The predicted molar refractivity (Wildman–Crippen MR) is 184 cm³/mol. The van der Waals surface area contributed by atoms with E-state index in [-0.39, 0.29) is 30.1 Å². The average molecular weight is 693 g/mol. The number of nitrogens with zero attached hydrogens (tertiary/aromatic N) is 4. The molecule has 2 aliphatic heterocycles. The summed E-state index contributed by atoms with van der Waals surface area (Å²) in [4.78, 5) is 39.4. The molecule has 252 valence electrons. The smallest absolute Gasteiger partial charge is 0.269 e. The van der Waals surface area contributed by atoms with Crippen molar-refractivity contribution < 1.29 is 28.2 Å². The molecule has 0 aliphatic carbocycles. The van der Waals surface area contributed by atoms with E-state index in [2.05, 4.69) is 14.9 Å². The van der Waals surface area contributed by atoms with E-state index < -0.39 is 23.0 Å². The molecule has 50 heavy (non-hydrogen) atoms. The second-order valence-electron chi connectivity index (χ2n) is 12.5. The summed E-state index contributed by atoms with van der Waals surface area (Å²) < 4.78 is 42.8. The predicted octanol–water partition coefficient (Wildman–Crippen LogP) is 6.36. The van der Waals surface area contributed by atoms with Gasteiger partial charge in [-0.2, -0.15) is 0 Å². The normalized spacial score (nSPS) is 14.4. The number of rotatable bonds is 10. The lowest BCUT2D eigenvalue weighted by Crippen LogP contribution is -2.47. The number of ketones is 1. The minimum absolute atomic E-state index is 0.0249. The zero-order valence-electron chi connectivity index (χ0n) is 26.6. The third-order valence-corrected chi connectivity index (χ3v) is 10.1. The molecule has 8 rings (SSSR count). The van der Waals surface area contributed by atoms with Crippen LogP contribution in [0, 0.1) is 17.6 Å². The molecule has 0 amide bonds. The van der Waals surface area contributed by atoms with Crippen molar-refractivity contribution in [2.75, 3.05) is 26.3 Å². The van der Waals surface area contributed by atoms with Gasteiger partial charge in [0.1, 0.15) is 22.9 Å². The molecule has 9 nitrogen and oxygen atoms in total. The van der Waals surface area contributed by atoms with E-state index in [1.54, 1.807) is 24.5 Å². The van der Waals surface area contributed by atoms with Gasteiger partial charge in [-0.25, -0.2) is 8.78 Å². The number of hydrogen-bond acceptors (Lipinski definition) is 9. The number of Topliss-reactive ketones (excluding diaryl/α,β-unsaturated/α-hetero) is 1. The average Bonchev–Trinajstić information content (AvgIpc) is 3.76. The number of fused-ring (bicyclic) bond motifs is 2. The molecule has 0 bridgehead atoms. The summed E-state index contributed by atoms with van der Waals surface area (Å²) >= 11 is 1.44. The van der Waals surface area contributed by atoms with Gasteiger partial charge in [0, 0.05) is 80.9 Å². The molecule has 0 unspecified atom stereocenters. The van der Waals surface area contributed by atoms with Crippen molar-refractivity contribution in [2.45, 2.75) is 19.4 Å². The topological polar surface area (TPSA) is 107 Å². The first-order valence-corrected chi connectivity index (χ1v) is 17.0. The van der Waals surface area contributed by atoms with E-state index in [4.69, 9.17) is 9.47 Å². The Morgan fingerprint density at radius 2 is 1.82 bits per heavy atom. The molecule has 0 saturated carbocycles. The molecule has 6 aromatic rings. The van der Waals surface area contributed by atoms with Gasteiger partial charge in [0.15, 0.2) is 17.3 Å². The minimum atomic E-state index is -0.667. The van der Waals surface area contributed by atoms with Crippen LogP contribution >= 0.6 is 11.3 Å². The summed E-state index contributed by atoms with van der Waals surface area (Å²) in [5, 5.41) is 9.25. The zero-order chi connectivity index (χ0) is 34.4. The fourth-order valence-electron chi connectivity index (χ4n) is 6.39. The number of aromatic nitrogens is 3. The van der Waals surface area contributed by atoms with Crippen LogP contribution in [0.3, 0.4) is 0 Å². The third kappa shape index (κ3) is 6.17. The maximum atomic E-state index is 15.5. The van der Waals surface area contributed by atoms with Crippen LogP contribution in [-0.2, 0) is 19.4 Å². The third-order valence-electron chi connectivity index (χ3n) is 8.97. The van der Waals surface area contributed by atoms with Crippen molar-refractivity contribution in [3.63, 3.8) is 0 Å². The van der Waals surface area contributed by atoms with Gasteiger partial charge in [-0.1, -0.05) is 12.1 Å². The summed E-state index contributed by atoms with van der Waals surface area (Å²) in [6.45, 7) is 3.10. The van der Waals surface area contributed by atoms with Crippen LogP contribution in [0.4, 0.5) is 8.78 Å². The quantitative estimate of drug-likeness (QED) is 0.165. The van der Waals surface area contributed by atoms with E-state index in [0.29, 0.717) is 47.0 Å². The number of ether oxygens (including phenoxy) is 2. The van der Waals surface area contributed by atoms with E-state index >= 15 is 4.39 Å². The maximum absolute atomic E-state index is 15.5. The standard InChI is InChI=1S/C38H30F2N4O5S/c39-26-3-5-27(6-4-26)44-20-25-10-12-48-36(25)35(38(44)47)31(46)14-22-2-8-32(28(40)13-22)49-33-9-11-41-30-15-34(50-37(30)33)29-7-1-23(16-42-29)17-43-18-24(19-43)21-45/h1-9,11,13,15-16,20,24,45H,10,12,14,17-19,21H2. The molecule has 1 saturated heterocycles. The van der Waals surface area contributed by atoms with Crippen LogP contribution in [0.5, 0.6) is 17.2 Å². The first-order valence-electron chi connectivity index (χ1n) is 16.2. The lowest BCUT2D eigenvalue weighted by molar-refractivity contribution is 0.0478. The highest BCUT2D eigenvalue weighted by Crippen LogP contribution is 2.39. The number of likely N-dealkylation sites (tertiary alicyclic amines) is 1. The monoisotopic (exact) mass is 692 g/mol. The van der Waals surface area contributed by atoms with Crippen LogP contribution in [0.15, 0.2) is 90.1 Å². The largest absolute Gasteiger partial charge is 0.492 e. The number of thiophene rings is 1. The Morgan fingerprint density at radius 3 is 2.58 bits per heavy atom. The molecular formula is C38H30F2N4O5S. The summed E-state index contributed by atoms with van der Waals surface area (Å²) in [6, 6.07) is 17.3. The molecule has 0 spiro atoms. The van der Waals surface area contributed by atoms with Gasteiger partial charge in [0.2, 0.25) is 0 Å². The van der Waals surface area contributed by atoms with Crippen molar-refractivity contribution in [3.8, 4) is 33.5 Å². The summed E-state index contributed by atoms with van der Waals surface area (Å²) in [5.74, 6) is -0.625. The van der Waals surface area contributed by atoms with Crippen LogP contribution in [0.2, 0.25) is 0 Å². The van der Waals surface area contributed by atoms with Gasteiger partial charge in [-0.3, -0.25) is 29.0 Å². The molecule has 2 aromatic carbocycles. The maximum Gasteiger partial charge on any atom is 0.269 e. The Labute approximate surface area is 289 Å². The van der Waals surface area contributed by atoms with Gasteiger partial charge in [-0.05, 0) is 59.7 Å². The Hall–Kier alpha value is -5.30. The van der Waals surface area contributed by atoms with Crippen molar-refractivity contribution in [1.29, 1.82) is 0 Å². The van der Waals surface area contributed by atoms with Crippen molar-refractivity contribution >= 4 is 27.3 Å². The number of carbonyl (C=O) groups excluding carboxylic acids is 1. The number of halogens is 2. The number of benzene rings is 2. The number of pyridine rings is 3. The number of carbonyl (C=O) groups is 1. The first-order chi connectivity index (χ1) is 24.3. The van der Waals surface area contributed by atoms with Gasteiger partial charge in [-0.15, -0.1) is 11.3 Å². The lowest BCUT2D eigenvalue weighted by atomic mass is 10.0. The number of hydrogen-bond donors (Lipinski definition) is 1.